The first-order chi connectivity index (χ1) is 9.22. The summed E-state index contributed by atoms with van der Waals surface area (Å²) in [7, 11) is 0. The highest BCUT2D eigenvalue weighted by Gasteiger charge is 2.57. The van der Waals surface area contributed by atoms with Gasteiger partial charge in [0.25, 0.3) is 0 Å². The van der Waals surface area contributed by atoms with Crippen molar-refractivity contribution in [2.24, 2.45) is 11.8 Å². The zero-order chi connectivity index (χ0) is 15.5. The summed E-state index contributed by atoms with van der Waals surface area (Å²) in [5, 5.41) is 11.0. The van der Waals surface area contributed by atoms with E-state index in [1.165, 1.54) is 13.0 Å². The molecule has 0 amide bonds. The normalized spacial score (nSPS) is 33.3. The minimum Gasteiger partial charge on any atom is -0.456 e. The molecule has 0 unspecified atom stereocenters. The van der Waals surface area contributed by atoms with Crippen LogP contribution in [-0.4, -0.2) is 35.0 Å². The number of carbonyl (C=O) groups is 1. The Kier molecular flexibility index (Phi) is 5.58. The van der Waals surface area contributed by atoms with E-state index in [0.717, 1.165) is 0 Å². The van der Waals surface area contributed by atoms with E-state index in [1.54, 1.807) is 0 Å². The summed E-state index contributed by atoms with van der Waals surface area (Å²) in [4.78, 5) is 11.4. The molecule has 114 valence electrons. The number of rotatable bonds is 5. The van der Waals surface area contributed by atoms with E-state index < -0.39 is 23.8 Å². The summed E-state index contributed by atoms with van der Waals surface area (Å²) >= 11 is 0. The zero-order valence-electron chi connectivity index (χ0n) is 13.1. The van der Waals surface area contributed by atoms with Crippen molar-refractivity contribution in [2.75, 3.05) is 0 Å². The minimum atomic E-state index is -1.37. The Hall–Kier alpha value is -1.09. The maximum Gasteiger partial charge on any atom is 0.303 e. The van der Waals surface area contributed by atoms with Crippen LogP contribution in [0, 0.1) is 11.8 Å². The molecule has 20 heavy (non-hydrogen) atoms. The molecule has 4 heteroatoms. The second-order valence-corrected chi connectivity index (χ2v) is 6.23. The predicted molar refractivity (Wildman–Crippen MR) is 77.2 cm³/mol. The average molecular weight is 282 g/mol. The summed E-state index contributed by atoms with van der Waals surface area (Å²) < 4.78 is 11.3. The average Bonchev–Trinajstić information content (AvgIpc) is 2.53. The third-order valence-corrected chi connectivity index (χ3v) is 3.51. The standard InChI is InChI=1S/C16H26O4/c1-7-8-16(18)14(11(4)5)20-13(9-10(2)3)15(16)19-12(6)17/h8,10-11,13-15,18H,1,9H2,2-6H3/t13-,14+,15-,16+/m1/s1. The first-order valence-corrected chi connectivity index (χ1v) is 7.14. The molecule has 0 aromatic heterocycles. The van der Waals surface area contributed by atoms with Crippen LogP contribution in [0.5, 0.6) is 0 Å². The molecule has 1 fully saturated rings. The Bertz CT molecular complexity index is 395. The molecule has 0 saturated carbocycles. The van der Waals surface area contributed by atoms with E-state index in [2.05, 4.69) is 26.2 Å². The van der Waals surface area contributed by atoms with Crippen LogP contribution in [0.2, 0.25) is 0 Å². The largest absolute Gasteiger partial charge is 0.456 e. The number of ether oxygens (including phenoxy) is 2. The maximum absolute atomic E-state index is 11.4. The van der Waals surface area contributed by atoms with Crippen molar-refractivity contribution in [3.8, 4) is 0 Å². The molecule has 4 atom stereocenters. The van der Waals surface area contributed by atoms with Crippen LogP contribution in [0.3, 0.4) is 0 Å². The highest BCUT2D eigenvalue weighted by Crippen LogP contribution is 2.40. The molecule has 0 aromatic rings. The molecule has 0 radical (unpaired) electrons. The summed E-state index contributed by atoms with van der Waals surface area (Å²) in [6, 6.07) is 0. The number of aliphatic hydroxyl groups is 1. The lowest BCUT2D eigenvalue weighted by molar-refractivity contribution is -0.157. The molecule has 1 heterocycles. The second kappa shape index (κ2) is 6.57. The van der Waals surface area contributed by atoms with Gasteiger partial charge in [0, 0.05) is 6.92 Å². The van der Waals surface area contributed by atoms with E-state index in [1.807, 2.05) is 13.8 Å². The van der Waals surface area contributed by atoms with Gasteiger partial charge in [-0.15, -0.1) is 5.73 Å². The van der Waals surface area contributed by atoms with Crippen molar-refractivity contribution in [2.45, 2.75) is 65.0 Å². The highest BCUT2D eigenvalue weighted by atomic mass is 16.6. The second-order valence-electron chi connectivity index (χ2n) is 6.23. The Morgan fingerprint density at radius 2 is 2.10 bits per heavy atom. The Labute approximate surface area is 121 Å². The van der Waals surface area contributed by atoms with Gasteiger partial charge in [0.05, 0.1) is 12.2 Å². The van der Waals surface area contributed by atoms with E-state index in [4.69, 9.17) is 9.47 Å². The van der Waals surface area contributed by atoms with E-state index >= 15 is 0 Å². The topological polar surface area (TPSA) is 55.8 Å². The van der Waals surface area contributed by atoms with Gasteiger partial charge in [-0.25, -0.2) is 0 Å². The molecule has 0 aliphatic carbocycles. The molecule has 4 nitrogen and oxygen atoms in total. The molecular formula is C16H26O4. The molecule has 1 saturated heterocycles. The monoisotopic (exact) mass is 282 g/mol. The van der Waals surface area contributed by atoms with Gasteiger partial charge in [-0.3, -0.25) is 4.79 Å². The van der Waals surface area contributed by atoms with Gasteiger partial charge < -0.3 is 14.6 Å². The van der Waals surface area contributed by atoms with E-state index in [-0.39, 0.29) is 12.0 Å². The maximum atomic E-state index is 11.4. The fourth-order valence-corrected chi connectivity index (χ4v) is 2.84. The molecule has 1 aliphatic heterocycles. The van der Waals surface area contributed by atoms with Crippen molar-refractivity contribution in [1.29, 1.82) is 0 Å². The Morgan fingerprint density at radius 1 is 1.50 bits per heavy atom. The first-order valence-electron chi connectivity index (χ1n) is 7.14. The van der Waals surface area contributed by atoms with Crippen LogP contribution in [0.1, 0.15) is 41.0 Å². The first kappa shape index (κ1) is 17.0. The fraction of sp³-hybridized carbons (Fsp3) is 0.750. The van der Waals surface area contributed by atoms with E-state index in [9.17, 15) is 9.90 Å². The Morgan fingerprint density at radius 3 is 2.50 bits per heavy atom. The molecular weight excluding hydrogens is 256 g/mol. The summed E-state index contributed by atoms with van der Waals surface area (Å²) in [5.74, 6) is 0.0356. The number of hydrogen-bond acceptors (Lipinski definition) is 4. The smallest absolute Gasteiger partial charge is 0.303 e. The van der Waals surface area contributed by atoms with Crippen molar-refractivity contribution < 1.29 is 19.4 Å². The van der Waals surface area contributed by atoms with Crippen molar-refractivity contribution in [3.05, 3.63) is 18.4 Å². The van der Waals surface area contributed by atoms with Crippen LogP contribution < -0.4 is 0 Å². The minimum absolute atomic E-state index is 0.0832. The van der Waals surface area contributed by atoms with Gasteiger partial charge in [0.1, 0.15) is 0 Å². The highest BCUT2D eigenvalue weighted by molar-refractivity contribution is 5.66. The molecule has 0 bridgehead atoms. The summed E-state index contributed by atoms with van der Waals surface area (Å²) in [5.41, 5.74) is 1.24. The molecule has 1 rings (SSSR count). The number of hydrogen-bond donors (Lipinski definition) is 1. The Balaban J connectivity index is 3.16. The SMILES string of the molecule is C=C=C[C@@]1(O)[C@H](OC(C)=O)[C@@H](CC(C)C)O[C@H]1C(C)C. The van der Waals surface area contributed by atoms with Crippen LogP contribution in [0.4, 0.5) is 0 Å². The summed E-state index contributed by atoms with van der Waals surface area (Å²) in [6.45, 7) is 12.9. The fourth-order valence-electron chi connectivity index (χ4n) is 2.84. The third kappa shape index (κ3) is 3.51. The molecule has 0 aromatic carbocycles. The van der Waals surface area contributed by atoms with Crippen LogP contribution in [0.25, 0.3) is 0 Å². The summed E-state index contributed by atoms with van der Waals surface area (Å²) in [6.07, 6.45) is 0.704. The van der Waals surface area contributed by atoms with Crippen LogP contribution in [-0.2, 0) is 14.3 Å². The molecule has 1 aliphatic rings. The van der Waals surface area contributed by atoms with Crippen molar-refractivity contribution in [1.82, 2.24) is 0 Å². The number of esters is 1. The lowest BCUT2D eigenvalue weighted by atomic mass is 9.83. The van der Waals surface area contributed by atoms with Gasteiger partial charge >= 0.3 is 5.97 Å². The lowest BCUT2D eigenvalue weighted by Crippen LogP contribution is -2.50. The van der Waals surface area contributed by atoms with Gasteiger partial charge in [0.15, 0.2) is 11.7 Å². The van der Waals surface area contributed by atoms with Crippen molar-refractivity contribution in [3.63, 3.8) is 0 Å². The van der Waals surface area contributed by atoms with Gasteiger partial charge in [-0.05, 0) is 24.3 Å². The van der Waals surface area contributed by atoms with Gasteiger partial charge in [-0.1, -0.05) is 34.3 Å². The zero-order valence-corrected chi connectivity index (χ0v) is 13.1. The van der Waals surface area contributed by atoms with Crippen LogP contribution >= 0.6 is 0 Å². The molecule has 1 N–H and O–H groups in total. The lowest BCUT2D eigenvalue weighted by Gasteiger charge is -2.31. The predicted octanol–water partition coefficient (Wildman–Crippen LogP) is 2.46. The quantitative estimate of drug-likeness (QED) is 0.621. The van der Waals surface area contributed by atoms with E-state index in [0.29, 0.717) is 12.3 Å². The van der Waals surface area contributed by atoms with Crippen molar-refractivity contribution >= 4 is 5.97 Å². The molecule has 0 spiro atoms. The number of carbonyl (C=O) groups excluding carboxylic acids is 1. The van der Waals surface area contributed by atoms with Gasteiger partial charge in [0.2, 0.25) is 0 Å². The third-order valence-electron chi connectivity index (χ3n) is 3.51. The van der Waals surface area contributed by atoms with Crippen LogP contribution in [0.15, 0.2) is 18.4 Å². The van der Waals surface area contributed by atoms with Gasteiger partial charge in [-0.2, -0.15) is 0 Å².